The van der Waals surface area contributed by atoms with E-state index < -0.39 is 0 Å². The van der Waals surface area contributed by atoms with Crippen LogP contribution in [0.3, 0.4) is 0 Å². The molecule has 0 saturated heterocycles. The van der Waals surface area contributed by atoms with Crippen LogP contribution in [0.1, 0.15) is 19.5 Å². The Bertz CT molecular complexity index is 318. The minimum Gasteiger partial charge on any atom is -0.301 e. The summed E-state index contributed by atoms with van der Waals surface area (Å²) in [6, 6.07) is 1.96. The van der Waals surface area contributed by atoms with Crippen LogP contribution >= 0.6 is 31.9 Å². The van der Waals surface area contributed by atoms with Crippen LogP contribution in [0.15, 0.2) is 21.2 Å². The summed E-state index contributed by atoms with van der Waals surface area (Å²) in [4.78, 5) is 9.52. The van der Waals surface area contributed by atoms with Crippen molar-refractivity contribution in [3.05, 3.63) is 26.9 Å². The van der Waals surface area contributed by atoms with E-state index in [4.69, 9.17) is 4.84 Å². The summed E-state index contributed by atoms with van der Waals surface area (Å²) in [7, 11) is 0. The minimum absolute atomic E-state index is 0.527. The van der Waals surface area contributed by atoms with Crippen LogP contribution in [0.5, 0.6) is 0 Å². The van der Waals surface area contributed by atoms with Gasteiger partial charge in [0.05, 0.1) is 18.8 Å². The topological polar surface area (TPSA) is 34.1 Å². The Labute approximate surface area is 107 Å². The Morgan fingerprint density at radius 3 is 2.80 bits per heavy atom. The number of nitrogens with zero attached hydrogens (tertiary/aromatic N) is 1. The van der Waals surface area contributed by atoms with Crippen molar-refractivity contribution in [2.45, 2.75) is 20.4 Å². The smallest absolute Gasteiger partial charge is 0.0708 e. The maximum atomic E-state index is 5.26. The summed E-state index contributed by atoms with van der Waals surface area (Å²) < 4.78 is 1.93. The van der Waals surface area contributed by atoms with Gasteiger partial charge in [-0.05, 0) is 43.8 Å². The summed E-state index contributed by atoms with van der Waals surface area (Å²) in [6.07, 6.45) is 1.77. The summed E-state index contributed by atoms with van der Waals surface area (Å²) in [5.74, 6) is 0.527. The molecule has 0 unspecified atom stereocenters. The van der Waals surface area contributed by atoms with Crippen LogP contribution in [0.4, 0.5) is 0 Å². The lowest BCUT2D eigenvalue weighted by Crippen LogP contribution is -2.18. The fourth-order valence-electron chi connectivity index (χ4n) is 0.918. The third-order valence-corrected chi connectivity index (χ3v) is 2.76. The van der Waals surface area contributed by atoms with E-state index >= 15 is 0 Å². The number of rotatable bonds is 5. The van der Waals surface area contributed by atoms with Crippen molar-refractivity contribution in [3.63, 3.8) is 0 Å². The molecule has 0 aliphatic rings. The fourth-order valence-corrected chi connectivity index (χ4v) is 2.05. The van der Waals surface area contributed by atoms with Gasteiger partial charge < -0.3 is 4.84 Å². The molecule has 0 saturated carbocycles. The van der Waals surface area contributed by atoms with Crippen LogP contribution in [0.2, 0.25) is 0 Å². The molecule has 0 fully saturated rings. The predicted octanol–water partition coefficient (Wildman–Crippen LogP) is 3.28. The Morgan fingerprint density at radius 2 is 2.20 bits per heavy atom. The lowest BCUT2D eigenvalue weighted by Gasteiger charge is -2.08. The van der Waals surface area contributed by atoms with E-state index in [9.17, 15) is 0 Å². The highest BCUT2D eigenvalue weighted by atomic mass is 79.9. The number of nitrogens with one attached hydrogen (secondary N) is 1. The summed E-state index contributed by atoms with van der Waals surface area (Å²) in [5, 5.41) is 0. The molecule has 84 valence electrons. The molecule has 0 atom stereocenters. The Hall–Kier alpha value is 0.0300. The normalized spacial score (nSPS) is 11.0. The van der Waals surface area contributed by atoms with Gasteiger partial charge in [0, 0.05) is 15.1 Å². The molecule has 0 aliphatic heterocycles. The SMILES string of the molecule is CC(C)CONCc1ncc(Br)cc1Br. The second-order valence-electron chi connectivity index (χ2n) is 3.61. The average Bonchev–Trinajstić information content (AvgIpc) is 2.14. The van der Waals surface area contributed by atoms with E-state index in [0.717, 1.165) is 14.6 Å². The van der Waals surface area contributed by atoms with Gasteiger partial charge in [0.15, 0.2) is 0 Å². The third-order valence-electron chi connectivity index (χ3n) is 1.64. The van der Waals surface area contributed by atoms with Crippen LogP contribution in [0, 0.1) is 5.92 Å². The number of hydroxylamine groups is 1. The standard InChI is InChI=1S/C10H14Br2N2O/c1-7(2)6-15-14-5-10-9(12)3-8(11)4-13-10/h3-4,7,14H,5-6H2,1-2H3. The molecule has 0 amide bonds. The largest absolute Gasteiger partial charge is 0.301 e. The first-order valence-electron chi connectivity index (χ1n) is 4.74. The van der Waals surface area contributed by atoms with Gasteiger partial charge in [-0.2, -0.15) is 5.48 Å². The number of pyridine rings is 1. The second-order valence-corrected chi connectivity index (χ2v) is 5.38. The monoisotopic (exact) mass is 336 g/mol. The van der Waals surface area contributed by atoms with Crippen LogP contribution in [-0.2, 0) is 11.4 Å². The minimum atomic E-state index is 0.527. The van der Waals surface area contributed by atoms with E-state index in [-0.39, 0.29) is 0 Å². The molecule has 0 bridgehead atoms. The molecule has 1 heterocycles. The molecule has 1 aromatic heterocycles. The zero-order valence-corrected chi connectivity index (χ0v) is 11.9. The average molecular weight is 338 g/mol. The maximum absolute atomic E-state index is 5.26. The molecule has 0 aromatic carbocycles. The number of halogens is 2. The fraction of sp³-hybridized carbons (Fsp3) is 0.500. The molecule has 0 spiro atoms. The zero-order valence-electron chi connectivity index (χ0n) is 8.76. The van der Waals surface area contributed by atoms with E-state index in [2.05, 4.69) is 56.2 Å². The molecule has 0 aliphatic carbocycles. The first kappa shape index (κ1) is 13.1. The molecule has 1 rings (SSSR count). The van der Waals surface area contributed by atoms with Gasteiger partial charge in [0.2, 0.25) is 0 Å². The third kappa shape index (κ3) is 5.06. The van der Waals surface area contributed by atoms with Crippen molar-refractivity contribution >= 4 is 31.9 Å². The highest BCUT2D eigenvalue weighted by Crippen LogP contribution is 2.19. The van der Waals surface area contributed by atoms with Crippen molar-refractivity contribution in [1.29, 1.82) is 0 Å². The molecule has 15 heavy (non-hydrogen) atoms. The number of hydrogen-bond donors (Lipinski definition) is 1. The second kappa shape index (κ2) is 6.58. The molecular weight excluding hydrogens is 324 g/mol. The molecule has 0 radical (unpaired) electrons. The van der Waals surface area contributed by atoms with Crippen molar-refractivity contribution in [1.82, 2.24) is 10.5 Å². The van der Waals surface area contributed by atoms with Gasteiger partial charge >= 0.3 is 0 Å². The van der Waals surface area contributed by atoms with Crippen molar-refractivity contribution in [2.75, 3.05) is 6.61 Å². The highest BCUT2D eigenvalue weighted by Gasteiger charge is 2.02. The Morgan fingerprint density at radius 1 is 1.47 bits per heavy atom. The van der Waals surface area contributed by atoms with Crippen molar-refractivity contribution in [2.24, 2.45) is 5.92 Å². The van der Waals surface area contributed by atoms with E-state index in [1.54, 1.807) is 6.20 Å². The number of hydrogen-bond acceptors (Lipinski definition) is 3. The van der Waals surface area contributed by atoms with E-state index in [1.807, 2.05) is 6.07 Å². The van der Waals surface area contributed by atoms with Gasteiger partial charge in [0.25, 0.3) is 0 Å². The van der Waals surface area contributed by atoms with Gasteiger partial charge in [0.1, 0.15) is 0 Å². The predicted molar refractivity (Wildman–Crippen MR) is 67.3 cm³/mol. The Kier molecular flexibility index (Phi) is 5.74. The van der Waals surface area contributed by atoms with Crippen molar-refractivity contribution in [3.8, 4) is 0 Å². The summed E-state index contributed by atoms with van der Waals surface area (Å²) in [5.41, 5.74) is 3.82. The van der Waals surface area contributed by atoms with Gasteiger partial charge in [-0.15, -0.1) is 0 Å². The molecule has 1 N–H and O–H groups in total. The van der Waals surface area contributed by atoms with Crippen LogP contribution in [0.25, 0.3) is 0 Å². The lowest BCUT2D eigenvalue weighted by molar-refractivity contribution is 0.0189. The molecule has 5 heteroatoms. The van der Waals surface area contributed by atoms with Gasteiger partial charge in [-0.3, -0.25) is 4.98 Å². The van der Waals surface area contributed by atoms with Crippen molar-refractivity contribution < 1.29 is 4.84 Å². The quantitative estimate of drug-likeness (QED) is 0.661. The maximum Gasteiger partial charge on any atom is 0.0708 e. The van der Waals surface area contributed by atoms with Crippen LogP contribution < -0.4 is 5.48 Å². The summed E-state index contributed by atoms with van der Waals surface area (Å²) in [6.45, 7) is 5.51. The zero-order chi connectivity index (χ0) is 11.3. The summed E-state index contributed by atoms with van der Waals surface area (Å²) >= 11 is 6.79. The van der Waals surface area contributed by atoms with Gasteiger partial charge in [-0.1, -0.05) is 13.8 Å². The van der Waals surface area contributed by atoms with Gasteiger partial charge in [-0.25, -0.2) is 0 Å². The van der Waals surface area contributed by atoms with E-state index in [1.165, 1.54) is 0 Å². The highest BCUT2D eigenvalue weighted by molar-refractivity contribution is 9.11. The first-order valence-corrected chi connectivity index (χ1v) is 6.32. The molecule has 1 aromatic rings. The molecule has 3 nitrogen and oxygen atoms in total. The Balaban J connectivity index is 2.37. The first-order chi connectivity index (χ1) is 7.09. The lowest BCUT2D eigenvalue weighted by atomic mass is 10.2. The van der Waals surface area contributed by atoms with E-state index in [0.29, 0.717) is 19.1 Å². The number of aromatic nitrogens is 1. The van der Waals surface area contributed by atoms with Crippen LogP contribution in [-0.4, -0.2) is 11.6 Å². The molecular formula is C10H14Br2N2O.